The Kier molecular flexibility index (Phi) is 4.71. The Morgan fingerprint density at radius 1 is 1.23 bits per heavy atom. The van der Waals surface area contributed by atoms with Gasteiger partial charge >= 0.3 is 0 Å². The van der Waals surface area contributed by atoms with E-state index in [-0.39, 0.29) is 24.4 Å². The van der Waals surface area contributed by atoms with Crippen molar-refractivity contribution in [2.75, 3.05) is 32.8 Å². The van der Waals surface area contributed by atoms with Gasteiger partial charge in [-0.25, -0.2) is 0 Å². The van der Waals surface area contributed by atoms with E-state index in [0.717, 1.165) is 39.2 Å². The molecule has 2 fully saturated rings. The molecule has 1 aromatic carbocycles. The van der Waals surface area contributed by atoms with Crippen LogP contribution in [0.2, 0.25) is 0 Å². The maximum Gasteiger partial charge on any atom is 0.225 e. The first-order valence-corrected chi connectivity index (χ1v) is 7.99. The minimum Gasteiger partial charge on any atom is -0.373 e. The summed E-state index contributed by atoms with van der Waals surface area (Å²) in [5.41, 5.74) is 2.54. The van der Waals surface area contributed by atoms with Gasteiger partial charge in [0.2, 0.25) is 5.91 Å². The van der Waals surface area contributed by atoms with E-state index in [9.17, 15) is 4.79 Å². The summed E-state index contributed by atoms with van der Waals surface area (Å²) < 4.78 is 5.87. The summed E-state index contributed by atoms with van der Waals surface area (Å²) in [6, 6.07) is 8.37. The van der Waals surface area contributed by atoms with Gasteiger partial charge in [-0.3, -0.25) is 4.79 Å². The summed E-state index contributed by atoms with van der Waals surface area (Å²) in [6.45, 7) is 4.70. The SMILES string of the molecule is Cl.O=C(CC1OCCc2ccccc21)N1C[C@H]2CNC[C@H]2C1. The number of halogens is 1. The van der Waals surface area contributed by atoms with Crippen molar-refractivity contribution in [2.45, 2.75) is 18.9 Å². The van der Waals surface area contributed by atoms with Gasteiger partial charge in [0.1, 0.15) is 0 Å². The van der Waals surface area contributed by atoms with Crippen LogP contribution in [0.3, 0.4) is 0 Å². The molecule has 5 heteroatoms. The van der Waals surface area contributed by atoms with E-state index in [0.29, 0.717) is 18.3 Å². The largest absolute Gasteiger partial charge is 0.373 e. The van der Waals surface area contributed by atoms with Crippen LogP contribution in [0.4, 0.5) is 0 Å². The molecule has 0 bridgehead atoms. The second-order valence-electron chi connectivity index (χ2n) is 6.49. The third-order valence-corrected chi connectivity index (χ3v) is 5.19. The number of carbonyl (C=O) groups excluding carboxylic acids is 1. The molecule has 0 spiro atoms. The Labute approximate surface area is 137 Å². The van der Waals surface area contributed by atoms with E-state index in [1.165, 1.54) is 11.1 Å². The molecular weight excluding hydrogens is 300 g/mol. The highest BCUT2D eigenvalue weighted by Crippen LogP contribution is 2.32. The zero-order chi connectivity index (χ0) is 14.2. The van der Waals surface area contributed by atoms with Crippen LogP contribution in [-0.4, -0.2) is 43.6 Å². The Bertz CT molecular complexity index is 539. The normalized spacial score (nSPS) is 29.6. The minimum atomic E-state index is -0.0546. The molecule has 22 heavy (non-hydrogen) atoms. The van der Waals surface area contributed by atoms with Crippen LogP contribution in [0.5, 0.6) is 0 Å². The van der Waals surface area contributed by atoms with Gasteiger partial charge in [0.25, 0.3) is 0 Å². The number of benzene rings is 1. The Morgan fingerprint density at radius 2 is 1.95 bits per heavy atom. The van der Waals surface area contributed by atoms with Crippen LogP contribution < -0.4 is 5.32 Å². The van der Waals surface area contributed by atoms with Crippen molar-refractivity contribution >= 4 is 18.3 Å². The molecule has 1 unspecified atom stereocenters. The summed E-state index contributed by atoms with van der Waals surface area (Å²) in [5.74, 6) is 1.58. The maximum atomic E-state index is 12.6. The molecule has 1 aromatic rings. The van der Waals surface area contributed by atoms with Crippen molar-refractivity contribution in [2.24, 2.45) is 11.8 Å². The van der Waals surface area contributed by atoms with E-state index in [4.69, 9.17) is 4.74 Å². The number of rotatable bonds is 2. The van der Waals surface area contributed by atoms with Gasteiger partial charge in [-0.1, -0.05) is 24.3 Å². The first-order valence-electron chi connectivity index (χ1n) is 7.99. The lowest BCUT2D eigenvalue weighted by molar-refractivity contribution is -0.133. The quantitative estimate of drug-likeness (QED) is 0.902. The topological polar surface area (TPSA) is 41.6 Å². The Hall–Kier alpha value is -1.10. The first-order chi connectivity index (χ1) is 10.3. The summed E-state index contributed by atoms with van der Waals surface area (Å²) >= 11 is 0. The van der Waals surface area contributed by atoms with Gasteiger partial charge in [0, 0.05) is 26.2 Å². The molecule has 1 N–H and O–H groups in total. The molecule has 4 nitrogen and oxygen atoms in total. The molecule has 0 radical (unpaired) electrons. The van der Waals surface area contributed by atoms with Gasteiger partial charge in [0.05, 0.1) is 19.1 Å². The fourth-order valence-electron chi connectivity index (χ4n) is 3.99. The Morgan fingerprint density at radius 3 is 2.73 bits per heavy atom. The number of carbonyl (C=O) groups is 1. The molecule has 3 atom stereocenters. The molecule has 0 aromatic heterocycles. The van der Waals surface area contributed by atoms with Gasteiger partial charge in [-0.15, -0.1) is 12.4 Å². The zero-order valence-electron chi connectivity index (χ0n) is 12.7. The highest BCUT2D eigenvalue weighted by atomic mass is 35.5. The molecule has 2 saturated heterocycles. The number of hydrogen-bond donors (Lipinski definition) is 1. The molecular formula is C17H23ClN2O2. The average Bonchev–Trinajstić information content (AvgIpc) is 3.09. The minimum absolute atomic E-state index is 0. The van der Waals surface area contributed by atoms with Crippen molar-refractivity contribution in [3.8, 4) is 0 Å². The predicted molar refractivity (Wildman–Crippen MR) is 87.1 cm³/mol. The second kappa shape index (κ2) is 6.57. The third kappa shape index (κ3) is 2.87. The van der Waals surface area contributed by atoms with E-state index in [2.05, 4.69) is 28.4 Å². The van der Waals surface area contributed by atoms with E-state index < -0.39 is 0 Å². The highest BCUT2D eigenvalue weighted by molar-refractivity contribution is 5.85. The molecule has 120 valence electrons. The molecule has 3 aliphatic heterocycles. The number of nitrogens with zero attached hydrogens (tertiary/aromatic N) is 1. The summed E-state index contributed by atoms with van der Waals surface area (Å²) in [5, 5.41) is 3.42. The third-order valence-electron chi connectivity index (χ3n) is 5.19. The summed E-state index contributed by atoms with van der Waals surface area (Å²) in [4.78, 5) is 14.6. The molecule has 1 amide bonds. The van der Waals surface area contributed by atoms with Gasteiger partial charge < -0.3 is 15.0 Å². The van der Waals surface area contributed by atoms with Crippen molar-refractivity contribution < 1.29 is 9.53 Å². The van der Waals surface area contributed by atoms with Crippen LogP contribution >= 0.6 is 12.4 Å². The van der Waals surface area contributed by atoms with E-state index >= 15 is 0 Å². The average molecular weight is 323 g/mol. The van der Waals surface area contributed by atoms with Gasteiger partial charge in [-0.2, -0.15) is 0 Å². The van der Waals surface area contributed by atoms with Crippen LogP contribution in [0.25, 0.3) is 0 Å². The molecule has 0 saturated carbocycles. The molecule has 3 aliphatic rings. The second-order valence-corrected chi connectivity index (χ2v) is 6.49. The van der Waals surface area contributed by atoms with Crippen LogP contribution in [0.15, 0.2) is 24.3 Å². The van der Waals surface area contributed by atoms with Crippen molar-refractivity contribution in [1.82, 2.24) is 10.2 Å². The van der Waals surface area contributed by atoms with Crippen LogP contribution in [-0.2, 0) is 16.0 Å². The lowest BCUT2D eigenvalue weighted by Crippen LogP contribution is -2.33. The number of ether oxygens (including phenoxy) is 1. The van der Waals surface area contributed by atoms with Crippen molar-refractivity contribution in [3.05, 3.63) is 35.4 Å². The fraction of sp³-hybridized carbons (Fsp3) is 0.588. The highest BCUT2D eigenvalue weighted by Gasteiger charge is 2.38. The zero-order valence-corrected chi connectivity index (χ0v) is 13.5. The number of likely N-dealkylation sites (tertiary alicyclic amines) is 1. The maximum absolute atomic E-state index is 12.6. The predicted octanol–water partition coefficient (Wildman–Crippen LogP) is 1.79. The lowest BCUT2D eigenvalue weighted by Gasteiger charge is -2.27. The molecule has 4 rings (SSSR count). The first kappa shape index (κ1) is 15.8. The van der Waals surface area contributed by atoms with Crippen molar-refractivity contribution in [3.63, 3.8) is 0 Å². The number of nitrogens with one attached hydrogen (secondary N) is 1. The molecule has 0 aliphatic carbocycles. The fourth-order valence-corrected chi connectivity index (χ4v) is 3.99. The Balaban J connectivity index is 0.00000144. The molecule has 3 heterocycles. The van der Waals surface area contributed by atoms with E-state index in [1.807, 2.05) is 6.07 Å². The van der Waals surface area contributed by atoms with Crippen LogP contribution in [0, 0.1) is 11.8 Å². The van der Waals surface area contributed by atoms with Gasteiger partial charge in [-0.05, 0) is 29.4 Å². The monoisotopic (exact) mass is 322 g/mol. The van der Waals surface area contributed by atoms with Crippen molar-refractivity contribution in [1.29, 1.82) is 0 Å². The van der Waals surface area contributed by atoms with Crippen LogP contribution in [0.1, 0.15) is 23.7 Å². The lowest BCUT2D eigenvalue weighted by atomic mass is 9.95. The number of hydrogen-bond acceptors (Lipinski definition) is 3. The summed E-state index contributed by atoms with van der Waals surface area (Å²) in [7, 11) is 0. The standard InChI is InChI=1S/C17H22N2O2.ClH/c20-17(19-10-13-8-18-9-14(13)11-19)7-16-15-4-2-1-3-12(15)5-6-21-16;/h1-4,13-14,16,18H,5-11H2;1H/t13-,14+,16?;. The number of fused-ring (bicyclic) bond motifs is 2. The van der Waals surface area contributed by atoms with E-state index in [1.54, 1.807) is 0 Å². The van der Waals surface area contributed by atoms with Gasteiger partial charge in [0.15, 0.2) is 0 Å². The summed E-state index contributed by atoms with van der Waals surface area (Å²) in [6.07, 6.45) is 1.39. The smallest absolute Gasteiger partial charge is 0.225 e. The number of amides is 1.